The predicted molar refractivity (Wildman–Crippen MR) is 65.9 cm³/mol. The number of aryl methyl sites for hydroxylation is 1. The Bertz CT molecular complexity index is 498. The molecule has 0 atom stereocenters. The van der Waals surface area contributed by atoms with Gasteiger partial charge in [0.05, 0.1) is 5.56 Å². The van der Waals surface area contributed by atoms with Gasteiger partial charge >= 0.3 is 0 Å². The molecule has 0 unspecified atom stereocenters. The van der Waals surface area contributed by atoms with E-state index in [1.165, 1.54) is 12.8 Å². The summed E-state index contributed by atoms with van der Waals surface area (Å²) in [6.07, 6.45) is 6.14. The van der Waals surface area contributed by atoms with Gasteiger partial charge in [-0.25, -0.2) is 9.97 Å². The van der Waals surface area contributed by atoms with E-state index in [9.17, 15) is 0 Å². The van der Waals surface area contributed by atoms with Crippen molar-refractivity contribution in [3.63, 3.8) is 0 Å². The quantitative estimate of drug-likeness (QED) is 0.794. The highest BCUT2D eigenvalue weighted by Gasteiger charge is 2.14. The molecule has 0 N–H and O–H groups in total. The number of hydrogen-bond donors (Lipinski definition) is 0. The molecule has 0 bridgehead atoms. The molecule has 0 amide bonds. The average Bonchev–Trinajstić information content (AvgIpc) is 3.00. The summed E-state index contributed by atoms with van der Waals surface area (Å²) in [7, 11) is 0. The fourth-order valence-electron chi connectivity index (χ4n) is 2.12. The van der Waals surface area contributed by atoms with E-state index in [-0.39, 0.29) is 0 Å². The van der Waals surface area contributed by atoms with Gasteiger partial charge in [0.15, 0.2) is 0 Å². The van der Waals surface area contributed by atoms with Gasteiger partial charge in [0.1, 0.15) is 11.5 Å². The summed E-state index contributed by atoms with van der Waals surface area (Å²) in [5, 5.41) is 0. The van der Waals surface area contributed by atoms with Crippen LogP contribution in [0.4, 0.5) is 5.95 Å². The largest absolute Gasteiger partial charge is 0.461 e. The Morgan fingerprint density at radius 2 is 1.82 bits per heavy atom. The molecule has 1 aliphatic rings. The summed E-state index contributed by atoms with van der Waals surface area (Å²) in [6.45, 7) is 4.07. The highest BCUT2D eigenvalue weighted by atomic mass is 16.3. The van der Waals surface area contributed by atoms with E-state index in [1.54, 1.807) is 0 Å². The third-order valence-corrected chi connectivity index (χ3v) is 3.05. The van der Waals surface area contributed by atoms with Crippen LogP contribution >= 0.6 is 0 Å². The fourth-order valence-corrected chi connectivity index (χ4v) is 2.12. The van der Waals surface area contributed by atoms with Crippen LogP contribution in [0.5, 0.6) is 0 Å². The molecule has 3 rings (SSSR count). The Morgan fingerprint density at radius 1 is 1.12 bits per heavy atom. The first-order valence-corrected chi connectivity index (χ1v) is 5.97. The van der Waals surface area contributed by atoms with Crippen LogP contribution in [-0.2, 0) is 0 Å². The van der Waals surface area contributed by atoms with Gasteiger partial charge in [0, 0.05) is 25.5 Å². The molecule has 2 aromatic rings. The molecular weight excluding hydrogens is 214 g/mol. The average molecular weight is 229 g/mol. The van der Waals surface area contributed by atoms with Gasteiger partial charge in [-0.3, -0.25) is 0 Å². The zero-order chi connectivity index (χ0) is 11.7. The molecule has 0 saturated carbocycles. The van der Waals surface area contributed by atoms with Crippen molar-refractivity contribution < 1.29 is 4.42 Å². The number of furan rings is 1. The molecular formula is C13H15N3O. The molecule has 0 aliphatic carbocycles. The molecule has 0 spiro atoms. The van der Waals surface area contributed by atoms with Crippen molar-refractivity contribution in [2.75, 3.05) is 18.0 Å². The van der Waals surface area contributed by atoms with E-state index in [0.717, 1.165) is 36.1 Å². The highest BCUT2D eigenvalue weighted by molar-refractivity contribution is 5.56. The van der Waals surface area contributed by atoms with Gasteiger partial charge in [0.25, 0.3) is 0 Å². The maximum absolute atomic E-state index is 5.54. The van der Waals surface area contributed by atoms with Crippen molar-refractivity contribution in [1.29, 1.82) is 0 Å². The first kappa shape index (κ1) is 10.3. The van der Waals surface area contributed by atoms with Crippen LogP contribution in [0.15, 0.2) is 28.9 Å². The molecule has 1 saturated heterocycles. The Morgan fingerprint density at radius 3 is 2.41 bits per heavy atom. The molecule has 0 aromatic carbocycles. The summed E-state index contributed by atoms with van der Waals surface area (Å²) in [5.41, 5.74) is 0.932. The lowest BCUT2D eigenvalue weighted by atomic mass is 10.3. The van der Waals surface area contributed by atoms with Crippen LogP contribution in [0.1, 0.15) is 18.6 Å². The number of aromatic nitrogens is 2. The summed E-state index contributed by atoms with van der Waals surface area (Å²) in [6, 6.07) is 3.90. The second-order valence-corrected chi connectivity index (χ2v) is 4.38. The summed E-state index contributed by atoms with van der Waals surface area (Å²) >= 11 is 0. The summed E-state index contributed by atoms with van der Waals surface area (Å²) in [5.74, 6) is 2.56. The van der Waals surface area contributed by atoms with Crippen LogP contribution in [-0.4, -0.2) is 23.1 Å². The summed E-state index contributed by atoms with van der Waals surface area (Å²) in [4.78, 5) is 11.0. The lowest BCUT2D eigenvalue weighted by molar-refractivity contribution is 0.548. The second-order valence-electron chi connectivity index (χ2n) is 4.38. The van der Waals surface area contributed by atoms with Gasteiger partial charge in [-0.15, -0.1) is 0 Å². The van der Waals surface area contributed by atoms with Crippen LogP contribution in [0, 0.1) is 6.92 Å². The van der Waals surface area contributed by atoms with Crippen molar-refractivity contribution in [2.45, 2.75) is 19.8 Å². The minimum absolute atomic E-state index is 0.828. The van der Waals surface area contributed by atoms with E-state index >= 15 is 0 Å². The maximum atomic E-state index is 5.54. The monoisotopic (exact) mass is 229 g/mol. The Hall–Kier alpha value is -1.84. The van der Waals surface area contributed by atoms with E-state index in [4.69, 9.17) is 4.42 Å². The normalized spacial score (nSPS) is 15.5. The Labute approximate surface area is 100 Å². The van der Waals surface area contributed by atoms with Crippen molar-refractivity contribution in [1.82, 2.24) is 9.97 Å². The molecule has 88 valence electrons. The number of anilines is 1. The SMILES string of the molecule is Cc1ccc(-c2cnc(N3CCCC3)nc2)o1. The third kappa shape index (κ3) is 2.02. The molecule has 1 aliphatic heterocycles. The number of rotatable bonds is 2. The van der Waals surface area contributed by atoms with Crippen molar-refractivity contribution >= 4 is 5.95 Å². The summed E-state index contributed by atoms with van der Waals surface area (Å²) < 4.78 is 5.54. The zero-order valence-electron chi connectivity index (χ0n) is 9.89. The minimum atomic E-state index is 0.828. The minimum Gasteiger partial charge on any atom is -0.461 e. The molecule has 1 fully saturated rings. The smallest absolute Gasteiger partial charge is 0.225 e. The van der Waals surface area contributed by atoms with Gasteiger partial charge < -0.3 is 9.32 Å². The third-order valence-electron chi connectivity index (χ3n) is 3.05. The highest BCUT2D eigenvalue weighted by Crippen LogP contribution is 2.22. The van der Waals surface area contributed by atoms with Crippen LogP contribution in [0.3, 0.4) is 0 Å². The van der Waals surface area contributed by atoms with Gasteiger partial charge in [-0.2, -0.15) is 0 Å². The lowest BCUT2D eigenvalue weighted by Crippen LogP contribution is -2.20. The number of nitrogens with zero attached hydrogens (tertiary/aromatic N) is 3. The lowest BCUT2D eigenvalue weighted by Gasteiger charge is -2.14. The fraction of sp³-hybridized carbons (Fsp3) is 0.385. The van der Waals surface area contributed by atoms with Crippen molar-refractivity contribution in [3.8, 4) is 11.3 Å². The molecule has 0 radical (unpaired) electrons. The number of hydrogen-bond acceptors (Lipinski definition) is 4. The van der Waals surface area contributed by atoms with E-state index in [1.807, 2.05) is 31.5 Å². The van der Waals surface area contributed by atoms with Crippen molar-refractivity contribution in [2.24, 2.45) is 0 Å². The maximum Gasteiger partial charge on any atom is 0.225 e. The van der Waals surface area contributed by atoms with E-state index in [0.29, 0.717) is 0 Å². The van der Waals surface area contributed by atoms with Gasteiger partial charge in [0.2, 0.25) is 5.95 Å². The second kappa shape index (κ2) is 4.20. The first-order chi connectivity index (χ1) is 8.33. The Kier molecular flexibility index (Phi) is 2.55. The van der Waals surface area contributed by atoms with Gasteiger partial charge in [-0.05, 0) is 31.9 Å². The van der Waals surface area contributed by atoms with Crippen LogP contribution in [0.25, 0.3) is 11.3 Å². The topological polar surface area (TPSA) is 42.2 Å². The molecule has 17 heavy (non-hydrogen) atoms. The van der Waals surface area contributed by atoms with E-state index < -0.39 is 0 Å². The standard InChI is InChI=1S/C13H15N3O/c1-10-4-5-12(17-10)11-8-14-13(15-9-11)16-6-2-3-7-16/h4-5,8-9H,2-3,6-7H2,1H3. The first-order valence-electron chi connectivity index (χ1n) is 5.97. The molecule has 4 heteroatoms. The predicted octanol–water partition coefficient (Wildman–Crippen LogP) is 2.65. The zero-order valence-corrected chi connectivity index (χ0v) is 9.89. The molecule has 3 heterocycles. The van der Waals surface area contributed by atoms with Crippen molar-refractivity contribution in [3.05, 3.63) is 30.3 Å². The van der Waals surface area contributed by atoms with E-state index in [2.05, 4.69) is 14.9 Å². The van der Waals surface area contributed by atoms with Gasteiger partial charge in [-0.1, -0.05) is 0 Å². The van der Waals surface area contributed by atoms with Crippen LogP contribution < -0.4 is 4.90 Å². The molecule has 4 nitrogen and oxygen atoms in total. The molecule has 2 aromatic heterocycles. The Balaban J connectivity index is 1.84. The van der Waals surface area contributed by atoms with Crippen LogP contribution in [0.2, 0.25) is 0 Å².